The van der Waals surface area contributed by atoms with Gasteiger partial charge in [0.1, 0.15) is 5.75 Å². The zero-order valence-corrected chi connectivity index (χ0v) is 10.8. The Morgan fingerprint density at radius 2 is 1.71 bits per heavy atom. The summed E-state index contributed by atoms with van der Waals surface area (Å²) in [5.74, 6) is 0.874. The number of hydrogen-bond acceptors (Lipinski definition) is 4. The molecule has 0 amide bonds. The largest absolute Gasteiger partial charge is 0.497 e. The monoisotopic (exact) mass is 239 g/mol. The van der Waals surface area contributed by atoms with Gasteiger partial charge >= 0.3 is 0 Å². The first-order chi connectivity index (χ1) is 8.27. The molecule has 0 N–H and O–H groups in total. The lowest BCUT2D eigenvalue weighted by Crippen LogP contribution is -2.23. The van der Waals surface area contributed by atoms with Gasteiger partial charge in [0, 0.05) is 26.4 Å². The summed E-state index contributed by atoms with van der Waals surface area (Å²) in [4.78, 5) is 2.15. The molecular formula is C13H21NO3. The van der Waals surface area contributed by atoms with Gasteiger partial charge < -0.3 is 19.1 Å². The minimum absolute atomic E-state index is 0.645. The van der Waals surface area contributed by atoms with E-state index in [1.807, 2.05) is 31.3 Å². The van der Waals surface area contributed by atoms with Crippen molar-refractivity contribution in [2.24, 2.45) is 0 Å². The van der Waals surface area contributed by atoms with Gasteiger partial charge in [-0.15, -0.1) is 0 Å². The maximum Gasteiger partial charge on any atom is 0.119 e. The molecule has 0 unspecified atom stereocenters. The SMILES string of the molecule is COCCOCCN(C)c1ccc(OC)cc1. The van der Waals surface area contributed by atoms with Crippen LogP contribution in [0.4, 0.5) is 5.69 Å². The lowest BCUT2D eigenvalue weighted by atomic mass is 10.3. The van der Waals surface area contributed by atoms with Crippen LogP contribution in [0.15, 0.2) is 24.3 Å². The van der Waals surface area contributed by atoms with Gasteiger partial charge in [-0.1, -0.05) is 0 Å². The molecule has 1 rings (SSSR count). The van der Waals surface area contributed by atoms with Crippen LogP contribution >= 0.6 is 0 Å². The predicted octanol–water partition coefficient (Wildman–Crippen LogP) is 1.79. The van der Waals surface area contributed by atoms with Crippen molar-refractivity contribution in [3.05, 3.63) is 24.3 Å². The van der Waals surface area contributed by atoms with E-state index in [1.165, 1.54) is 0 Å². The van der Waals surface area contributed by atoms with Crippen LogP contribution in [0, 0.1) is 0 Å². The number of ether oxygens (including phenoxy) is 3. The van der Waals surface area contributed by atoms with Gasteiger partial charge in [0.25, 0.3) is 0 Å². The topological polar surface area (TPSA) is 30.9 Å². The fourth-order valence-corrected chi connectivity index (χ4v) is 1.41. The van der Waals surface area contributed by atoms with Crippen molar-refractivity contribution >= 4 is 5.69 Å². The summed E-state index contributed by atoms with van der Waals surface area (Å²) in [6.07, 6.45) is 0. The first-order valence-corrected chi connectivity index (χ1v) is 5.70. The molecule has 0 heterocycles. The zero-order valence-electron chi connectivity index (χ0n) is 10.8. The van der Waals surface area contributed by atoms with E-state index >= 15 is 0 Å². The molecule has 0 spiro atoms. The standard InChI is InChI=1S/C13H21NO3/c1-14(8-9-17-11-10-15-2)12-4-6-13(16-3)7-5-12/h4-7H,8-11H2,1-3H3. The second-order valence-electron chi connectivity index (χ2n) is 3.72. The molecular weight excluding hydrogens is 218 g/mol. The van der Waals surface area contributed by atoms with Crippen molar-refractivity contribution < 1.29 is 14.2 Å². The smallest absolute Gasteiger partial charge is 0.119 e. The zero-order chi connectivity index (χ0) is 12.5. The molecule has 4 nitrogen and oxygen atoms in total. The number of likely N-dealkylation sites (N-methyl/N-ethyl adjacent to an activating group) is 1. The van der Waals surface area contributed by atoms with E-state index in [2.05, 4.69) is 4.90 Å². The van der Waals surface area contributed by atoms with Gasteiger partial charge in [0.15, 0.2) is 0 Å². The Hall–Kier alpha value is -1.26. The molecule has 4 heteroatoms. The average molecular weight is 239 g/mol. The van der Waals surface area contributed by atoms with Crippen LogP contribution in [-0.4, -0.2) is 47.6 Å². The van der Waals surface area contributed by atoms with Crippen LogP contribution in [0.5, 0.6) is 5.75 Å². The minimum atomic E-state index is 0.645. The Kier molecular flexibility index (Phi) is 6.43. The lowest BCUT2D eigenvalue weighted by Gasteiger charge is -2.19. The molecule has 0 fully saturated rings. The number of rotatable bonds is 8. The number of benzene rings is 1. The molecule has 0 saturated carbocycles. The van der Waals surface area contributed by atoms with E-state index in [4.69, 9.17) is 14.2 Å². The van der Waals surface area contributed by atoms with Gasteiger partial charge in [-0.3, -0.25) is 0 Å². The fraction of sp³-hybridized carbons (Fsp3) is 0.538. The summed E-state index contributed by atoms with van der Waals surface area (Å²) in [5, 5.41) is 0. The summed E-state index contributed by atoms with van der Waals surface area (Å²) in [6, 6.07) is 7.98. The first-order valence-electron chi connectivity index (χ1n) is 5.70. The third kappa shape index (κ3) is 5.06. The molecule has 0 aliphatic carbocycles. The molecule has 0 aromatic heterocycles. The van der Waals surface area contributed by atoms with E-state index in [-0.39, 0.29) is 0 Å². The van der Waals surface area contributed by atoms with Crippen molar-refractivity contribution in [1.29, 1.82) is 0 Å². The highest BCUT2D eigenvalue weighted by molar-refractivity contribution is 5.48. The quantitative estimate of drug-likeness (QED) is 0.647. The fourth-order valence-electron chi connectivity index (χ4n) is 1.41. The second-order valence-corrected chi connectivity index (χ2v) is 3.72. The van der Waals surface area contributed by atoms with E-state index < -0.39 is 0 Å². The lowest BCUT2D eigenvalue weighted by molar-refractivity contribution is 0.0744. The summed E-state index contributed by atoms with van der Waals surface area (Å²) in [6.45, 7) is 2.85. The summed E-state index contributed by atoms with van der Waals surface area (Å²) in [7, 11) is 5.39. The normalized spacial score (nSPS) is 10.3. The maximum absolute atomic E-state index is 5.42. The predicted molar refractivity (Wildman–Crippen MR) is 69.0 cm³/mol. The van der Waals surface area contributed by atoms with Crippen LogP contribution in [0.25, 0.3) is 0 Å². The van der Waals surface area contributed by atoms with Crippen molar-refractivity contribution in [2.75, 3.05) is 52.5 Å². The summed E-state index contributed by atoms with van der Waals surface area (Å²) in [5.41, 5.74) is 1.15. The van der Waals surface area contributed by atoms with Gasteiger partial charge in [0.05, 0.1) is 26.9 Å². The second kappa shape index (κ2) is 7.92. The van der Waals surface area contributed by atoms with Crippen LogP contribution in [0.1, 0.15) is 0 Å². The van der Waals surface area contributed by atoms with Crippen LogP contribution in [-0.2, 0) is 9.47 Å². The summed E-state index contributed by atoms with van der Waals surface area (Å²) < 4.78 is 15.4. The van der Waals surface area contributed by atoms with E-state index in [9.17, 15) is 0 Å². The number of anilines is 1. The Morgan fingerprint density at radius 3 is 2.29 bits per heavy atom. The molecule has 1 aromatic carbocycles. The molecule has 0 bridgehead atoms. The summed E-state index contributed by atoms with van der Waals surface area (Å²) >= 11 is 0. The Bertz CT molecular complexity index is 300. The van der Waals surface area contributed by atoms with Crippen LogP contribution < -0.4 is 9.64 Å². The van der Waals surface area contributed by atoms with Crippen molar-refractivity contribution in [2.45, 2.75) is 0 Å². The molecule has 0 aliphatic heterocycles. The molecule has 0 saturated heterocycles. The molecule has 96 valence electrons. The highest BCUT2D eigenvalue weighted by atomic mass is 16.5. The highest BCUT2D eigenvalue weighted by Crippen LogP contribution is 2.17. The van der Waals surface area contributed by atoms with E-state index in [0.717, 1.165) is 18.0 Å². The maximum atomic E-state index is 5.42. The Balaban J connectivity index is 2.28. The molecule has 0 radical (unpaired) electrons. The van der Waals surface area contributed by atoms with Gasteiger partial charge in [-0.25, -0.2) is 0 Å². The third-order valence-electron chi connectivity index (χ3n) is 2.52. The molecule has 1 aromatic rings. The number of methoxy groups -OCH3 is 2. The Morgan fingerprint density at radius 1 is 1.00 bits per heavy atom. The van der Waals surface area contributed by atoms with Gasteiger partial charge in [-0.2, -0.15) is 0 Å². The van der Waals surface area contributed by atoms with E-state index in [1.54, 1.807) is 14.2 Å². The van der Waals surface area contributed by atoms with E-state index in [0.29, 0.717) is 19.8 Å². The van der Waals surface area contributed by atoms with Crippen molar-refractivity contribution in [1.82, 2.24) is 0 Å². The number of nitrogens with zero attached hydrogens (tertiary/aromatic N) is 1. The van der Waals surface area contributed by atoms with Gasteiger partial charge in [0.2, 0.25) is 0 Å². The average Bonchev–Trinajstić information content (AvgIpc) is 2.38. The molecule has 0 atom stereocenters. The van der Waals surface area contributed by atoms with Crippen LogP contribution in [0.3, 0.4) is 0 Å². The van der Waals surface area contributed by atoms with Crippen molar-refractivity contribution in [3.63, 3.8) is 0 Å². The Labute approximate surface area is 103 Å². The molecule has 17 heavy (non-hydrogen) atoms. The highest BCUT2D eigenvalue weighted by Gasteiger charge is 2.00. The van der Waals surface area contributed by atoms with Crippen LogP contribution in [0.2, 0.25) is 0 Å². The molecule has 0 aliphatic rings. The first kappa shape index (κ1) is 13.8. The third-order valence-corrected chi connectivity index (χ3v) is 2.52. The van der Waals surface area contributed by atoms with Crippen molar-refractivity contribution in [3.8, 4) is 5.75 Å². The van der Waals surface area contributed by atoms with Gasteiger partial charge in [-0.05, 0) is 24.3 Å². The number of hydrogen-bond donors (Lipinski definition) is 0. The minimum Gasteiger partial charge on any atom is -0.497 e.